The predicted molar refractivity (Wildman–Crippen MR) is 375 cm³/mol. The van der Waals surface area contributed by atoms with Crippen LogP contribution in [0.15, 0.2) is 95.2 Å². The zero-order chi connectivity index (χ0) is 77.4. The number of carbonyl (C=O) groups is 3. The minimum absolute atomic E-state index is 0.0429. The molecule has 3 aliphatic heterocycles. The minimum Gasteiger partial charge on any atom is -0.477 e. The molecule has 0 unspecified atom stereocenters. The molecule has 4 N–H and O–H groups in total. The number of carbonyl (C=O) groups excluding carboxylic acids is 3. The van der Waals surface area contributed by atoms with Crippen molar-refractivity contribution in [3.63, 3.8) is 0 Å². The van der Waals surface area contributed by atoms with Gasteiger partial charge in [-0.25, -0.2) is 43.5 Å². The monoisotopic (exact) mass is 1570 g/mol. The van der Waals surface area contributed by atoms with Crippen LogP contribution in [0.3, 0.4) is 0 Å². The number of ether oxygens (including phenoxy) is 3. The Morgan fingerprint density at radius 1 is 0.741 bits per heavy atom. The number of tetrazole rings is 2. The average Bonchev–Trinajstić information content (AvgIpc) is 1.60. The van der Waals surface area contributed by atoms with Gasteiger partial charge in [-0.1, -0.05) is 34.2 Å². The van der Waals surface area contributed by atoms with Crippen LogP contribution in [0.5, 0.6) is 11.8 Å². The third-order valence-corrected chi connectivity index (χ3v) is 22.5. The van der Waals surface area contributed by atoms with Crippen molar-refractivity contribution in [3.8, 4) is 23.4 Å². The van der Waals surface area contributed by atoms with E-state index in [-0.39, 0.29) is 139 Å². The summed E-state index contributed by atoms with van der Waals surface area (Å²) in [4.78, 5) is 65.2. The number of H-pyrrole nitrogens is 2. The lowest BCUT2D eigenvalue weighted by Gasteiger charge is -2.34. The Hall–Kier alpha value is -9.86. The van der Waals surface area contributed by atoms with E-state index >= 15 is 0 Å². The van der Waals surface area contributed by atoms with Gasteiger partial charge in [-0.2, -0.15) is 53.6 Å². The molecule has 2 atom stereocenters. The van der Waals surface area contributed by atoms with E-state index in [0.29, 0.717) is 55.9 Å². The van der Waals surface area contributed by atoms with Crippen molar-refractivity contribution in [2.75, 3.05) is 54.1 Å². The quantitative estimate of drug-likeness (QED) is 0.0362. The molecule has 5 aliphatic rings. The molecule has 108 heavy (non-hydrogen) atoms. The number of hydrogen-bond acceptors (Lipinski definition) is 25. The Kier molecular flexibility index (Phi) is 21.8. The normalized spacial score (nSPS) is 19.2. The molecule has 0 spiro atoms. The lowest BCUT2D eigenvalue weighted by atomic mass is 9.93. The van der Waals surface area contributed by atoms with E-state index in [1.54, 1.807) is 34.2 Å². The lowest BCUT2D eigenvalue weighted by Crippen LogP contribution is -2.45. The van der Waals surface area contributed by atoms with Gasteiger partial charge in [0.1, 0.15) is 28.2 Å². The van der Waals surface area contributed by atoms with E-state index in [4.69, 9.17) is 30.8 Å². The number of aromatic nitrogens is 16. The van der Waals surface area contributed by atoms with E-state index in [9.17, 15) is 57.6 Å². The highest BCUT2D eigenvalue weighted by Gasteiger charge is 2.63. The Balaban J connectivity index is 0.000000204. The molecule has 32 nitrogen and oxygen atoms in total. The summed E-state index contributed by atoms with van der Waals surface area (Å²) >= 11 is 6.32. The number of halogens is 7. The van der Waals surface area contributed by atoms with Crippen LogP contribution >= 0.6 is 11.6 Å². The summed E-state index contributed by atoms with van der Waals surface area (Å²) in [6, 6.07) is 17.5. The number of nitrogens with zero attached hydrogens (tertiary/aromatic N) is 18. The molecular formula is C67H81ClF6N22O10S2. The van der Waals surface area contributed by atoms with Gasteiger partial charge < -0.3 is 33.8 Å². The first-order chi connectivity index (χ1) is 50.9. The maximum absolute atomic E-state index is 13.8. The van der Waals surface area contributed by atoms with Crippen LogP contribution in [0, 0.1) is 22.7 Å². The zero-order valence-corrected chi connectivity index (χ0v) is 62.4. The minimum atomic E-state index is -4.53. The molecule has 0 radical (unpaired) electrons. The van der Waals surface area contributed by atoms with Gasteiger partial charge >= 0.3 is 18.4 Å². The summed E-state index contributed by atoms with van der Waals surface area (Å²) in [5.41, 5.74) is -5.05. The van der Waals surface area contributed by atoms with E-state index in [1.807, 2.05) is 63.0 Å². The van der Waals surface area contributed by atoms with Gasteiger partial charge in [0.15, 0.2) is 33.3 Å². The lowest BCUT2D eigenvalue weighted by molar-refractivity contribution is -0.190. The van der Waals surface area contributed by atoms with Crippen LogP contribution < -0.4 is 33.6 Å². The van der Waals surface area contributed by atoms with Crippen molar-refractivity contribution in [2.24, 2.45) is 22.7 Å². The number of sulfonamides is 2. The number of anilines is 3. The van der Waals surface area contributed by atoms with Crippen LogP contribution in [0.2, 0.25) is 5.15 Å². The zero-order valence-electron chi connectivity index (χ0n) is 60.0. The van der Waals surface area contributed by atoms with Crippen molar-refractivity contribution >= 4 is 67.0 Å². The van der Waals surface area contributed by atoms with Crippen molar-refractivity contribution in [3.05, 3.63) is 113 Å². The predicted octanol–water partition coefficient (Wildman–Crippen LogP) is 9.69. The number of aromatic amines is 2. The van der Waals surface area contributed by atoms with Gasteiger partial charge in [0, 0.05) is 61.8 Å². The van der Waals surface area contributed by atoms with E-state index in [1.165, 1.54) is 70.2 Å². The van der Waals surface area contributed by atoms with Crippen LogP contribution in [-0.2, 0) is 37.9 Å². The third-order valence-electron chi connectivity index (χ3n) is 19.7. The SMILES string of the molecule is CC(C)(C)OC(=O)N1C[C@@H](CCCN(Cc2nn[nH]n2)c2cccc(S(=O)(=O)NC(=O)c3ccc(-n4ccc(OCCC5(C(F)(F)F)CC5)n4)nc3Cl)n2)CC1(C)C.CC1(C)C[C@@H]2CCCN(Cc3nn[nH]n3)c3cccc(n3)S(=O)(=O)NC(=O)c3ccc(-n4ccc(OCCC5(C(F)(F)F)CC5)n4)nc3N1C2. The Morgan fingerprint density at radius 2 is 1.36 bits per heavy atom. The first kappa shape index (κ1) is 77.7. The molecule has 3 amide bonds. The number of nitrogens with one attached hydrogen (secondary N) is 4. The molecule has 8 aromatic rings. The standard InChI is InChI=1S/C36H45ClF3N11O6S.C31H36F3N11O4S/c1-33(2,3)57-32(53)50-21-23(20-34(50,4)5)8-7-17-49(22-25-43-47-48-44-25)26-9-6-10-29(41-26)58(54,55)46-31(52)24-11-12-27(42-30(24)37)51-18-13-28(45-51)56-19-16-35(14-15-35)36(38,39)40;1-29(2)17-20-5-4-14-43(19-22-37-41-42-38-22)23-6-3-7-26(35-23)50(47,48)40-28(46)21-8-9-24(36-27(21)44(29)18-20)45-15-10-25(39-45)49-16-13-30(11-12-30)31(32,33)34/h6,9-13,18,23H,7-8,14-17,19-22H2,1-5H3,(H,46,52)(H,43,44,47,48);3,6-10,15,20H,4-5,11-14,16-19H2,1-2H3,(H,40,46)(H,37,38,41,42)/t23-;20-/m00/s1. The highest BCUT2D eigenvalue weighted by Crippen LogP contribution is 2.61. The number of alkyl halides is 6. The summed E-state index contributed by atoms with van der Waals surface area (Å²) in [6.07, 6.45) is -1.32. The second-order valence-corrected chi connectivity index (χ2v) is 33.4. The van der Waals surface area contributed by atoms with Crippen molar-refractivity contribution in [2.45, 2.75) is 178 Å². The summed E-state index contributed by atoms with van der Waals surface area (Å²) in [6.45, 7) is 15.8. The van der Waals surface area contributed by atoms with E-state index in [0.717, 1.165) is 32.1 Å². The van der Waals surface area contributed by atoms with Crippen LogP contribution in [0.1, 0.15) is 158 Å². The number of fused-ring (bicyclic) bond motifs is 6. The first-order valence-electron chi connectivity index (χ1n) is 34.9. The number of amides is 3. The van der Waals surface area contributed by atoms with E-state index < -0.39 is 71.2 Å². The summed E-state index contributed by atoms with van der Waals surface area (Å²) in [5, 5.41) is 35.7. The maximum atomic E-state index is 13.8. The van der Waals surface area contributed by atoms with Crippen molar-refractivity contribution in [1.29, 1.82) is 0 Å². The van der Waals surface area contributed by atoms with Gasteiger partial charge in [-0.3, -0.25) is 9.59 Å². The maximum Gasteiger partial charge on any atom is 0.410 e. The highest BCUT2D eigenvalue weighted by atomic mass is 35.5. The Labute approximate surface area is 621 Å². The Morgan fingerprint density at radius 3 is 1.96 bits per heavy atom. The number of likely N-dealkylation sites (tertiary alicyclic amines) is 1. The molecule has 580 valence electrons. The molecular weight excluding hydrogens is 1490 g/mol. The molecule has 4 bridgehead atoms. The molecule has 41 heteroatoms. The molecule has 8 aromatic heterocycles. The summed E-state index contributed by atoms with van der Waals surface area (Å²) in [7, 11) is -8.95. The molecule has 13 rings (SSSR count). The summed E-state index contributed by atoms with van der Waals surface area (Å²) in [5.74, 6) is 0.830. The van der Waals surface area contributed by atoms with Crippen LogP contribution in [0.25, 0.3) is 11.6 Å². The molecule has 4 fully saturated rings. The first-order valence-corrected chi connectivity index (χ1v) is 38.2. The molecule has 11 heterocycles. The smallest absolute Gasteiger partial charge is 0.410 e. The molecule has 2 saturated carbocycles. The van der Waals surface area contributed by atoms with Gasteiger partial charge in [-0.05, 0) is 186 Å². The Bertz CT molecular complexity index is 4780. The van der Waals surface area contributed by atoms with Crippen molar-refractivity contribution < 1.29 is 71.8 Å². The van der Waals surface area contributed by atoms with Crippen LogP contribution in [0.4, 0.5) is 48.6 Å². The van der Waals surface area contributed by atoms with Crippen molar-refractivity contribution in [1.82, 2.24) is 95.1 Å². The average molecular weight is 1570 g/mol. The largest absolute Gasteiger partial charge is 0.477 e. The number of rotatable bonds is 22. The van der Waals surface area contributed by atoms with Gasteiger partial charge in [0.2, 0.25) is 11.8 Å². The number of pyridine rings is 4. The van der Waals surface area contributed by atoms with Gasteiger partial charge in [-0.15, -0.1) is 30.6 Å². The third kappa shape index (κ3) is 18.1. The number of hydrogen-bond donors (Lipinski definition) is 4. The fourth-order valence-corrected chi connectivity index (χ4v) is 15.8. The van der Waals surface area contributed by atoms with Crippen LogP contribution in [-0.4, -0.2) is 189 Å². The highest BCUT2D eigenvalue weighted by molar-refractivity contribution is 7.90. The summed E-state index contributed by atoms with van der Waals surface area (Å²) < 4.78 is 157. The van der Waals surface area contributed by atoms with Gasteiger partial charge in [0.05, 0.1) is 48.3 Å². The van der Waals surface area contributed by atoms with E-state index in [2.05, 4.69) is 71.1 Å². The van der Waals surface area contributed by atoms with Gasteiger partial charge in [0.25, 0.3) is 31.9 Å². The second-order valence-electron chi connectivity index (χ2n) is 29.8. The molecule has 2 aliphatic carbocycles. The second kappa shape index (κ2) is 30.3. The fraction of sp³-hybridized carbons (Fsp3) is 0.537. The fourth-order valence-electron chi connectivity index (χ4n) is 13.7. The molecule has 2 saturated heterocycles. The topological polar surface area (TPSA) is 380 Å². The molecule has 0 aromatic carbocycles.